The predicted octanol–water partition coefficient (Wildman–Crippen LogP) is 11.9. The van der Waals surface area contributed by atoms with Gasteiger partial charge < -0.3 is 4.74 Å². The largest absolute Gasteiger partial charge is 0.457 e. The SMILES string of the molecule is CCCCc1c([C@@H]2C(C)=CC(C)C[C@@H]2C)c(C)nn1-c1cc(Oc2ccc3c4ccccc4n(-c4cc(C)ccn4)c3c2)cc(C(C)C)c1. The lowest BCUT2D eigenvalue weighted by atomic mass is 9.72. The molecule has 1 unspecified atom stereocenters. The maximum atomic E-state index is 6.79. The highest BCUT2D eigenvalue weighted by Crippen LogP contribution is 2.44. The Balaban J connectivity index is 1.34. The Kier molecular flexibility index (Phi) is 8.96. The number of aryl methyl sites for hydroxylation is 2. The van der Waals surface area contributed by atoms with Crippen LogP contribution in [0.1, 0.15) is 101 Å². The maximum Gasteiger partial charge on any atom is 0.137 e. The number of rotatable bonds is 9. The lowest BCUT2D eigenvalue weighted by molar-refractivity contribution is 0.389. The zero-order valence-electron chi connectivity index (χ0n) is 30.4. The molecule has 3 aromatic carbocycles. The van der Waals surface area contributed by atoms with Crippen molar-refractivity contribution in [2.24, 2.45) is 11.8 Å². The molecule has 0 saturated carbocycles. The Morgan fingerprint density at radius 3 is 2.43 bits per heavy atom. The normalized spacial score (nSPS) is 18.1. The minimum absolute atomic E-state index is 0.333. The fourth-order valence-corrected chi connectivity index (χ4v) is 8.25. The molecule has 0 spiro atoms. The van der Waals surface area contributed by atoms with Crippen molar-refractivity contribution in [1.82, 2.24) is 19.3 Å². The van der Waals surface area contributed by atoms with Crippen LogP contribution in [0, 0.1) is 25.7 Å². The molecule has 0 radical (unpaired) electrons. The Morgan fingerprint density at radius 1 is 0.878 bits per heavy atom. The van der Waals surface area contributed by atoms with E-state index >= 15 is 0 Å². The van der Waals surface area contributed by atoms with Crippen molar-refractivity contribution >= 4 is 21.8 Å². The maximum absolute atomic E-state index is 6.79. The molecule has 0 amide bonds. The minimum atomic E-state index is 0.333. The first kappa shape index (κ1) is 32.9. The number of hydrogen-bond donors (Lipinski definition) is 0. The molecule has 1 aliphatic rings. The number of ether oxygens (including phenoxy) is 1. The van der Waals surface area contributed by atoms with Crippen LogP contribution in [0.3, 0.4) is 0 Å². The molecule has 5 heteroatoms. The van der Waals surface area contributed by atoms with Gasteiger partial charge in [0.25, 0.3) is 0 Å². The predicted molar refractivity (Wildman–Crippen MR) is 204 cm³/mol. The Labute approximate surface area is 291 Å². The van der Waals surface area contributed by atoms with E-state index in [4.69, 9.17) is 14.8 Å². The van der Waals surface area contributed by atoms with Crippen LogP contribution >= 0.6 is 0 Å². The molecular formula is C44H50N4O. The summed E-state index contributed by atoms with van der Waals surface area (Å²) in [6.45, 7) is 18.2. The molecule has 3 atom stereocenters. The van der Waals surface area contributed by atoms with Gasteiger partial charge in [-0.25, -0.2) is 9.67 Å². The molecular weight excluding hydrogens is 601 g/mol. The molecule has 3 heterocycles. The number of benzene rings is 3. The van der Waals surface area contributed by atoms with Crippen LogP contribution in [0.5, 0.6) is 11.5 Å². The monoisotopic (exact) mass is 650 g/mol. The summed E-state index contributed by atoms with van der Waals surface area (Å²) in [5.74, 6) is 4.47. The quantitative estimate of drug-likeness (QED) is 0.146. The van der Waals surface area contributed by atoms with Gasteiger partial charge in [-0.15, -0.1) is 0 Å². The van der Waals surface area contributed by atoms with Crippen LogP contribution in [0.15, 0.2) is 90.6 Å². The molecule has 5 nitrogen and oxygen atoms in total. The van der Waals surface area contributed by atoms with Gasteiger partial charge in [-0.2, -0.15) is 5.10 Å². The van der Waals surface area contributed by atoms with Gasteiger partial charge in [-0.05, 0) is 111 Å². The van der Waals surface area contributed by atoms with E-state index in [9.17, 15) is 0 Å². The number of para-hydroxylation sites is 1. The Bertz CT molecular complexity index is 2180. The molecule has 3 aromatic heterocycles. The second-order valence-corrected chi connectivity index (χ2v) is 14.8. The van der Waals surface area contributed by atoms with Gasteiger partial charge >= 0.3 is 0 Å². The van der Waals surface area contributed by atoms with E-state index in [0.29, 0.717) is 23.7 Å². The van der Waals surface area contributed by atoms with E-state index in [-0.39, 0.29) is 0 Å². The molecule has 0 saturated heterocycles. The third-order valence-electron chi connectivity index (χ3n) is 10.5. The van der Waals surface area contributed by atoms with E-state index in [0.717, 1.165) is 59.0 Å². The second-order valence-electron chi connectivity index (χ2n) is 14.8. The average molecular weight is 651 g/mol. The summed E-state index contributed by atoms with van der Waals surface area (Å²) in [7, 11) is 0. The number of fused-ring (bicyclic) bond motifs is 3. The number of allylic oxidation sites excluding steroid dienone is 2. The summed E-state index contributed by atoms with van der Waals surface area (Å²) in [6.07, 6.45) is 8.87. The molecule has 0 fully saturated rings. The molecule has 7 rings (SSSR count). The van der Waals surface area contributed by atoms with Crippen molar-refractivity contribution in [3.8, 4) is 23.0 Å². The number of pyridine rings is 1. The second kappa shape index (κ2) is 13.3. The third kappa shape index (κ3) is 6.20. The first-order valence-corrected chi connectivity index (χ1v) is 18.2. The van der Waals surface area contributed by atoms with Crippen molar-refractivity contribution < 1.29 is 4.74 Å². The summed E-state index contributed by atoms with van der Waals surface area (Å²) < 4.78 is 11.3. The van der Waals surface area contributed by atoms with Gasteiger partial charge in [0.1, 0.15) is 17.3 Å². The van der Waals surface area contributed by atoms with Gasteiger partial charge in [-0.3, -0.25) is 4.57 Å². The van der Waals surface area contributed by atoms with Crippen molar-refractivity contribution in [3.05, 3.63) is 119 Å². The lowest BCUT2D eigenvalue weighted by Gasteiger charge is -2.32. The molecule has 6 aromatic rings. The lowest BCUT2D eigenvalue weighted by Crippen LogP contribution is -2.21. The van der Waals surface area contributed by atoms with Crippen LogP contribution < -0.4 is 4.74 Å². The smallest absolute Gasteiger partial charge is 0.137 e. The average Bonchev–Trinajstić information content (AvgIpc) is 3.57. The molecule has 1 aliphatic carbocycles. The number of nitrogens with zero attached hydrogens (tertiary/aromatic N) is 4. The van der Waals surface area contributed by atoms with Crippen molar-refractivity contribution in [1.29, 1.82) is 0 Å². The fraction of sp³-hybridized carbons (Fsp3) is 0.364. The first-order valence-electron chi connectivity index (χ1n) is 18.2. The highest BCUT2D eigenvalue weighted by atomic mass is 16.5. The first-order chi connectivity index (χ1) is 23.6. The van der Waals surface area contributed by atoms with Gasteiger partial charge in [0, 0.05) is 46.3 Å². The van der Waals surface area contributed by atoms with Crippen LogP contribution in [-0.4, -0.2) is 19.3 Å². The molecule has 49 heavy (non-hydrogen) atoms. The topological polar surface area (TPSA) is 44.9 Å². The van der Waals surface area contributed by atoms with Crippen LogP contribution in [0.25, 0.3) is 33.3 Å². The zero-order chi connectivity index (χ0) is 34.4. The highest BCUT2D eigenvalue weighted by molar-refractivity contribution is 6.09. The van der Waals surface area contributed by atoms with Crippen LogP contribution in [0.4, 0.5) is 0 Å². The Morgan fingerprint density at radius 2 is 1.67 bits per heavy atom. The van der Waals surface area contributed by atoms with Crippen molar-refractivity contribution in [3.63, 3.8) is 0 Å². The van der Waals surface area contributed by atoms with Crippen molar-refractivity contribution in [2.75, 3.05) is 0 Å². The summed E-state index contributed by atoms with van der Waals surface area (Å²) in [4.78, 5) is 4.77. The van der Waals surface area contributed by atoms with Gasteiger partial charge in [0.2, 0.25) is 0 Å². The highest BCUT2D eigenvalue weighted by Gasteiger charge is 2.32. The van der Waals surface area contributed by atoms with E-state index in [1.54, 1.807) is 0 Å². The molecule has 0 N–H and O–H groups in total. The van der Waals surface area contributed by atoms with Gasteiger partial charge in [0.15, 0.2) is 0 Å². The van der Waals surface area contributed by atoms with E-state index in [1.165, 1.54) is 45.2 Å². The minimum Gasteiger partial charge on any atom is -0.457 e. The third-order valence-corrected chi connectivity index (χ3v) is 10.5. The van der Waals surface area contributed by atoms with Crippen LogP contribution in [0.2, 0.25) is 0 Å². The fourth-order valence-electron chi connectivity index (χ4n) is 8.25. The summed E-state index contributed by atoms with van der Waals surface area (Å²) >= 11 is 0. The molecule has 252 valence electrons. The van der Waals surface area contributed by atoms with E-state index in [1.807, 2.05) is 12.3 Å². The number of aromatic nitrogens is 4. The standard InChI is InChI=1S/C44H50N4O/c1-9-10-14-40-44(43-30(6)20-29(5)21-31(43)7)32(8)46-48(40)34-23-33(27(2)3)24-36(25-34)49-35-16-17-38-37-13-11-12-15-39(37)47(41(38)26-35)42-22-28(4)18-19-45-42/h11-13,15-20,22-27,29,31,43H,9-10,14,21H2,1-8H3/t29?,31-,43+/m0/s1. The Hall–Kier alpha value is -4.64. The summed E-state index contributed by atoms with van der Waals surface area (Å²) in [5.41, 5.74) is 11.1. The number of unbranched alkanes of at least 4 members (excludes halogenated alkanes) is 1. The summed E-state index contributed by atoms with van der Waals surface area (Å²) in [6, 6.07) is 25.8. The van der Waals surface area contributed by atoms with E-state index < -0.39 is 0 Å². The zero-order valence-corrected chi connectivity index (χ0v) is 30.4. The van der Waals surface area contributed by atoms with Crippen LogP contribution in [-0.2, 0) is 6.42 Å². The van der Waals surface area contributed by atoms with Crippen molar-refractivity contribution in [2.45, 2.75) is 92.9 Å². The van der Waals surface area contributed by atoms with Gasteiger partial charge in [0.05, 0.1) is 22.4 Å². The molecule has 0 aliphatic heterocycles. The van der Waals surface area contributed by atoms with Gasteiger partial charge in [-0.1, -0.05) is 70.9 Å². The molecule has 0 bridgehead atoms. The summed E-state index contributed by atoms with van der Waals surface area (Å²) in [5, 5.41) is 7.67. The number of hydrogen-bond acceptors (Lipinski definition) is 3. The van der Waals surface area contributed by atoms with E-state index in [2.05, 4.69) is 137 Å².